The third-order valence-electron chi connectivity index (χ3n) is 3.24. The second-order valence-corrected chi connectivity index (χ2v) is 4.80. The zero-order chi connectivity index (χ0) is 14.8. The highest BCUT2D eigenvalue weighted by atomic mass is 19.1. The normalized spacial score (nSPS) is 12.7. The van der Waals surface area contributed by atoms with Crippen LogP contribution < -0.4 is 0 Å². The van der Waals surface area contributed by atoms with Gasteiger partial charge in [-0.05, 0) is 12.5 Å². The summed E-state index contributed by atoms with van der Waals surface area (Å²) < 4.78 is 20.2. The first-order chi connectivity index (χ1) is 10.2. The minimum atomic E-state index is -1.18. The van der Waals surface area contributed by atoms with Crippen LogP contribution in [-0.4, -0.2) is 26.7 Å². The molecule has 0 saturated carbocycles. The van der Waals surface area contributed by atoms with E-state index in [4.69, 9.17) is 4.74 Å². The smallest absolute Gasteiger partial charge is 0.179 e. The fraction of sp³-hybridized carbons (Fsp3) is 0.267. The summed E-state index contributed by atoms with van der Waals surface area (Å²) >= 11 is 0. The van der Waals surface area contributed by atoms with Gasteiger partial charge in [0.2, 0.25) is 0 Å². The summed E-state index contributed by atoms with van der Waals surface area (Å²) in [6, 6.07) is 7.89. The summed E-state index contributed by atoms with van der Waals surface area (Å²) in [6.07, 6.45) is 2.17. The fourth-order valence-corrected chi connectivity index (χ4v) is 2.18. The van der Waals surface area contributed by atoms with E-state index in [9.17, 15) is 4.39 Å². The molecule has 3 rings (SSSR count). The van der Waals surface area contributed by atoms with Gasteiger partial charge in [-0.3, -0.25) is 9.38 Å². The minimum Gasteiger partial charge on any atom is -0.380 e. The first kappa shape index (κ1) is 13.6. The van der Waals surface area contributed by atoms with E-state index < -0.39 is 6.17 Å². The van der Waals surface area contributed by atoms with E-state index in [2.05, 4.69) is 15.2 Å². The molecule has 108 valence electrons. The topological polar surface area (TPSA) is 52.3 Å². The molecular formula is C15H15FN4O. The maximum absolute atomic E-state index is 13.5. The molecule has 0 aliphatic carbocycles. The third kappa shape index (κ3) is 2.62. The van der Waals surface area contributed by atoms with Gasteiger partial charge in [-0.25, -0.2) is 4.39 Å². The second kappa shape index (κ2) is 5.57. The van der Waals surface area contributed by atoms with Crippen molar-refractivity contribution in [2.75, 3.05) is 7.11 Å². The SMILES string of the molecule is COCc1ccc(-c2cn3c(C(C)F)nnc3cn2)cc1. The number of aromatic nitrogens is 4. The lowest BCUT2D eigenvalue weighted by atomic mass is 10.1. The number of benzene rings is 1. The van der Waals surface area contributed by atoms with Crippen molar-refractivity contribution in [1.29, 1.82) is 0 Å². The average molecular weight is 286 g/mol. The van der Waals surface area contributed by atoms with Crippen molar-refractivity contribution < 1.29 is 9.13 Å². The number of methoxy groups -OCH3 is 1. The molecule has 0 saturated heterocycles. The van der Waals surface area contributed by atoms with Crippen LogP contribution in [0.5, 0.6) is 0 Å². The van der Waals surface area contributed by atoms with Gasteiger partial charge in [0.05, 0.1) is 18.5 Å². The van der Waals surface area contributed by atoms with E-state index in [0.29, 0.717) is 12.3 Å². The van der Waals surface area contributed by atoms with Gasteiger partial charge in [-0.15, -0.1) is 10.2 Å². The molecule has 0 N–H and O–H groups in total. The molecule has 5 nitrogen and oxygen atoms in total. The molecule has 0 aliphatic heterocycles. The van der Waals surface area contributed by atoms with E-state index >= 15 is 0 Å². The van der Waals surface area contributed by atoms with E-state index in [1.54, 1.807) is 23.9 Å². The Labute approximate surface area is 121 Å². The van der Waals surface area contributed by atoms with Gasteiger partial charge in [0.15, 0.2) is 17.6 Å². The Morgan fingerprint density at radius 1 is 1.24 bits per heavy atom. The molecule has 0 spiro atoms. The second-order valence-electron chi connectivity index (χ2n) is 4.80. The Balaban J connectivity index is 2.01. The van der Waals surface area contributed by atoms with E-state index in [1.807, 2.05) is 24.3 Å². The Morgan fingerprint density at radius 3 is 2.67 bits per heavy atom. The number of rotatable bonds is 4. The number of hydrogen-bond acceptors (Lipinski definition) is 4. The number of halogens is 1. The lowest BCUT2D eigenvalue weighted by molar-refractivity contribution is 0.185. The van der Waals surface area contributed by atoms with Crippen molar-refractivity contribution in [2.45, 2.75) is 19.7 Å². The summed E-state index contributed by atoms with van der Waals surface area (Å²) in [6.45, 7) is 2.01. The standard InChI is InChI=1S/C15H15FN4O/c1-10(16)15-19-18-14-7-17-13(8-20(14)15)12-5-3-11(4-6-12)9-21-2/h3-8,10H,9H2,1-2H3. The highest BCUT2D eigenvalue weighted by molar-refractivity contribution is 5.60. The molecule has 0 fully saturated rings. The average Bonchev–Trinajstić information content (AvgIpc) is 2.91. The highest BCUT2D eigenvalue weighted by Gasteiger charge is 2.13. The van der Waals surface area contributed by atoms with Crippen molar-refractivity contribution in [2.24, 2.45) is 0 Å². The lowest BCUT2D eigenvalue weighted by Gasteiger charge is -2.05. The Hall–Kier alpha value is -2.34. The molecule has 2 heterocycles. The predicted octanol–water partition coefficient (Wildman–Crippen LogP) is 2.97. The zero-order valence-electron chi connectivity index (χ0n) is 11.8. The predicted molar refractivity (Wildman–Crippen MR) is 76.5 cm³/mol. The molecule has 1 unspecified atom stereocenters. The van der Waals surface area contributed by atoms with Gasteiger partial charge >= 0.3 is 0 Å². The van der Waals surface area contributed by atoms with Crippen molar-refractivity contribution in [3.63, 3.8) is 0 Å². The van der Waals surface area contributed by atoms with Crippen LogP contribution in [0.2, 0.25) is 0 Å². The van der Waals surface area contributed by atoms with E-state index in [1.165, 1.54) is 6.92 Å². The van der Waals surface area contributed by atoms with Gasteiger partial charge in [-0.2, -0.15) is 0 Å². The van der Waals surface area contributed by atoms with E-state index in [0.717, 1.165) is 16.8 Å². The van der Waals surface area contributed by atoms with Crippen LogP contribution in [0.1, 0.15) is 24.5 Å². The molecule has 0 amide bonds. The number of fused-ring (bicyclic) bond motifs is 1. The maximum atomic E-state index is 13.5. The number of ether oxygens (including phenoxy) is 1. The Morgan fingerprint density at radius 2 is 2.00 bits per heavy atom. The first-order valence-electron chi connectivity index (χ1n) is 6.62. The Kier molecular flexibility index (Phi) is 3.62. The molecule has 3 aromatic rings. The monoisotopic (exact) mass is 286 g/mol. The first-order valence-corrected chi connectivity index (χ1v) is 6.62. The van der Waals surface area contributed by atoms with Crippen molar-refractivity contribution in [3.05, 3.63) is 48.0 Å². The molecule has 1 atom stereocenters. The largest absolute Gasteiger partial charge is 0.380 e. The molecule has 6 heteroatoms. The lowest BCUT2D eigenvalue weighted by Crippen LogP contribution is -1.97. The van der Waals surface area contributed by atoms with Crippen molar-refractivity contribution in [1.82, 2.24) is 19.6 Å². The number of alkyl halides is 1. The molecule has 0 bridgehead atoms. The summed E-state index contributed by atoms with van der Waals surface area (Å²) in [5.41, 5.74) is 3.31. The summed E-state index contributed by atoms with van der Waals surface area (Å²) in [7, 11) is 1.66. The maximum Gasteiger partial charge on any atom is 0.179 e. The molecule has 0 radical (unpaired) electrons. The number of nitrogens with zero attached hydrogens (tertiary/aromatic N) is 4. The van der Waals surface area contributed by atoms with Gasteiger partial charge in [0, 0.05) is 18.9 Å². The summed E-state index contributed by atoms with van der Waals surface area (Å²) in [4.78, 5) is 4.35. The van der Waals surface area contributed by atoms with Crippen molar-refractivity contribution in [3.8, 4) is 11.3 Å². The van der Waals surface area contributed by atoms with Gasteiger partial charge < -0.3 is 4.74 Å². The molecular weight excluding hydrogens is 271 g/mol. The van der Waals surface area contributed by atoms with Crippen LogP contribution in [0, 0.1) is 0 Å². The molecule has 1 aromatic carbocycles. The van der Waals surface area contributed by atoms with Crippen LogP contribution in [0.25, 0.3) is 16.9 Å². The van der Waals surface area contributed by atoms with Gasteiger partial charge in [0.1, 0.15) is 0 Å². The van der Waals surface area contributed by atoms with Crippen molar-refractivity contribution >= 4 is 5.65 Å². The van der Waals surface area contributed by atoms with Gasteiger partial charge in [-0.1, -0.05) is 24.3 Å². The summed E-state index contributed by atoms with van der Waals surface area (Å²) in [5.74, 6) is 0.282. The van der Waals surface area contributed by atoms with Crippen LogP contribution in [0.15, 0.2) is 36.7 Å². The van der Waals surface area contributed by atoms with Crippen LogP contribution in [-0.2, 0) is 11.3 Å². The third-order valence-corrected chi connectivity index (χ3v) is 3.24. The van der Waals surface area contributed by atoms with Crippen LogP contribution >= 0.6 is 0 Å². The molecule has 2 aromatic heterocycles. The molecule has 0 aliphatic rings. The zero-order valence-corrected chi connectivity index (χ0v) is 11.8. The summed E-state index contributed by atoms with van der Waals surface area (Å²) in [5, 5.41) is 7.76. The van der Waals surface area contributed by atoms with E-state index in [-0.39, 0.29) is 5.82 Å². The number of hydrogen-bond donors (Lipinski definition) is 0. The quantitative estimate of drug-likeness (QED) is 0.740. The Bertz CT molecular complexity index is 752. The van der Waals surface area contributed by atoms with Crippen LogP contribution in [0.3, 0.4) is 0 Å². The minimum absolute atomic E-state index is 0.282. The van der Waals surface area contributed by atoms with Gasteiger partial charge in [0.25, 0.3) is 0 Å². The highest BCUT2D eigenvalue weighted by Crippen LogP contribution is 2.21. The van der Waals surface area contributed by atoms with Crippen LogP contribution in [0.4, 0.5) is 4.39 Å². The fourth-order valence-electron chi connectivity index (χ4n) is 2.18. The molecule has 21 heavy (non-hydrogen) atoms.